The highest BCUT2D eigenvalue weighted by molar-refractivity contribution is 5.96. The van der Waals surface area contributed by atoms with Gasteiger partial charge in [-0.25, -0.2) is 0 Å². The van der Waals surface area contributed by atoms with Crippen LogP contribution in [0.1, 0.15) is 79.4 Å². The Kier molecular flexibility index (Phi) is 8.27. The van der Waals surface area contributed by atoms with Crippen molar-refractivity contribution in [2.75, 3.05) is 7.11 Å². The summed E-state index contributed by atoms with van der Waals surface area (Å²) in [6.07, 6.45) is 0.804. The van der Waals surface area contributed by atoms with Gasteiger partial charge in [0.05, 0.1) is 7.11 Å². The van der Waals surface area contributed by atoms with Gasteiger partial charge in [0.1, 0.15) is 12.0 Å². The highest BCUT2D eigenvalue weighted by Gasteiger charge is 2.35. The van der Waals surface area contributed by atoms with Gasteiger partial charge in [-0.15, -0.1) is 0 Å². The predicted molar refractivity (Wildman–Crippen MR) is 126 cm³/mol. The van der Waals surface area contributed by atoms with Crippen LogP contribution in [0.2, 0.25) is 0 Å². The van der Waals surface area contributed by atoms with Gasteiger partial charge in [0.25, 0.3) is 5.91 Å². The zero-order chi connectivity index (χ0) is 23.3. The fourth-order valence-corrected chi connectivity index (χ4v) is 4.15. The second kappa shape index (κ2) is 10.3. The third kappa shape index (κ3) is 6.08. The average molecular weight is 427 g/mol. The van der Waals surface area contributed by atoms with E-state index in [1.54, 1.807) is 24.3 Å². The van der Waals surface area contributed by atoms with Crippen molar-refractivity contribution in [3.8, 4) is 5.75 Å². The Bertz CT molecular complexity index is 882. The number of hydrogen-bond acceptors (Lipinski definition) is 4. The van der Waals surface area contributed by atoms with E-state index in [1.165, 1.54) is 0 Å². The quantitative estimate of drug-likeness (QED) is 0.434. The number of hydrazine groups is 1. The summed E-state index contributed by atoms with van der Waals surface area (Å²) in [4.78, 5) is 13.3. The fourth-order valence-electron chi connectivity index (χ4n) is 4.15. The highest BCUT2D eigenvalue weighted by Crippen LogP contribution is 2.33. The van der Waals surface area contributed by atoms with Crippen molar-refractivity contribution in [2.24, 2.45) is 5.41 Å². The molecule has 5 heteroatoms. The summed E-state index contributed by atoms with van der Waals surface area (Å²) in [5.41, 5.74) is 7.10. The predicted octanol–water partition coefficient (Wildman–Crippen LogP) is 5.47. The average Bonchev–Trinajstić information content (AvgIpc) is 2.68. The van der Waals surface area contributed by atoms with Crippen LogP contribution in [0, 0.1) is 26.2 Å². The van der Waals surface area contributed by atoms with Gasteiger partial charge >= 0.3 is 0 Å². The van der Waals surface area contributed by atoms with Gasteiger partial charge in [-0.3, -0.25) is 10.2 Å². The molecule has 31 heavy (non-hydrogen) atoms. The lowest BCUT2D eigenvalue weighted by atomic mass is 9.83. The van der Waals surface area contributed by atoms with E-state index in [1.807, 2.05) is 39.0 Å². The van der Waals surface area contributed by atoms with Crippen LogP contribution in [0.3, 0.4) is 0 Å². The molecule has 2 N–H and O–H groups in total. The topological polar surface area (TPSA) is 61.8 Å². The highest BCUT2D eigenvalue weighted by atomic mass is 16.5. The number of aliphatic hydroxyl groups is 1. The van der Waals surface area contributed by atoms with E-state index in [0.717, 1.165) is 35.1 Å². The molecule has 0 aliphatic heterocycles. The smallest absolute Gasteiger partial charge is 0.266 e. The Morgan fingerprint density at radius 1 is 1.13 bits per heavy atom. The minimum atomic E-state index is -0.968. The molecule has 0 spiro atoms. The van der Waals surface area contributed by atoms with Crippen molar-refractivity contribution in [3.05, 3.63) is 64.2 Å². The summed E-state index contributed by atoms with van der Waals surface area (Å²) in [6, 6.07) is 11.4. The number of methoxy groups -OCH3 is 1. The molecular formula is C26H38N2O3. The molecule has 0 aliphatic rings. The molecule has 0 heterocycles. The zero-order valence-electron chi connectivity index (χ0n) is 20.2. The van der Waals surface area contributed by atoms with E-state index in [9.17, 15) is 9.90 Å². The maximum atomic E-state index is 13.3. The Hall–Kier alpha value is -2.37. The summed E-state index contributed by atoms with van der Waals surface area (Å²) in [5.74, 6) is 0.403. The Morgan fingerprint density at radius 2 is 1.74 bits per heavy atom. The first-order valence-corrected chi connectivity index (χ1v) is 11.0. The van der Waals surface area contributed by atoms with Crippen molar-refractivity contribution in [3.63, 3.8) is 0 Å². The van der Waals surface area contributed by atoms with Crippen molar-refractivity contribution < 1.29 is 14.6 Å². The number of amides is 1. The Morgan fingerprint density at radius 3 is 2.26 bits per heavy atom. The first kappa shape index (κ1) is 24.9. The number of aryl methyl sites for hydroxylation is 2. The molecule has 0 saturated carbocycles. The molecule has 2 aromatic rings. The minimum absolute atomic E-state index is 0.0665. The number of ether oxygens (including phenoxy) is 1. The molecule has 0 fully saturated rings. The fraction of sp³-hybridized carbons (Fsp3) is 0.500. The number of benzene rings is 2. The number of carbonyl (C=O) groups excluding carboxylic acids is 1. The van der Waals surface area contributed by atoms with E-state index >= 15 is 0 Å². The van der Waals surface area contributed by atoms with Crippen LogP contribution in [-0.4, -0.2) is 29.2 Å². The first-order valence-electron chi connectivity index (χ1n) is 11.0. The van der Waals surface area contributed by atoms with Crippen LogP contribution in [0.25, 0.3) is 0 Å². The van der Waals surface area contributed by atoms with E-state index in [-0.39, 0.29) is 17.4 Å². The number of hydrogen-bond donors (Lipinski definition) is 2. The molecule has 0 saturated heterocycles. The van der Waals surface area contributed by atoms with Gasteiger partial charge in [0, 0.05) is 17.2 Å². The second-order valence-electron chi connectivity index (χ2n) is 9.45. The number of nitrogens with zero attached hydrogens (tertiary/aromatic N) is 1. The molecule has 0 aliphatic carbocycles. The van der Waals surface area contributed by atoms with E-state index in [2.05, 4.69) is 39.2 Å². The van der Waals surface area contributed by atoms with Gasteiger partial charge in [0.2, 0.25) is 0 Å². The Balaban J connectivity index is 2.50. The second-order valence-corrected chi connectivity index (χ2v) is 9.45. The van der Waals surface area contributed by atoms with Gasteiger partial charge in [-0.05, 0) is 50.3 Å². The van der Waals surface area contributed by atoms with Crippen LogP contribution >= 0.6 is 0 Å². The molecule has 170 valence electrons. The van der Waals surface area contributed by atoms with Gasteiger partial charge < -0.3 is 9.84 Å². The maximum Gasteiger partial charge on any atom is 0.266 e. The molecule has 0 radical (unpaired) electrons. The third-order valence-corrected chi connectivity index (χ3v) is 5.68. The molecular weight excluding hydrogens is 388 g/mol. The third-order valence-electron chi connectivity index (χ3n) is 5.68. The van der Waals surface area contributed by atoms with E-state index < -0.39 is 6.23 Å². The Labute approximate surface area is 187 Å². The minimum Gasteiger partial charge on any atom is -0.496 e. The van der Waals surface area contributed by atoms with Crippen LogP contribution in [-0.2, 0) is 0 Å². The molecule has 0 bridgehead atoms. The van der Waals surface area contributed by atoms with Crippen LogP contribution in [0.4, 0.5) is 0 Å². The van der Waals surface area contributed by atoms with Crippen molar-refractivity contribution >= 4 is 5.91 Å². The molecule has 1 unspecified atom stereocenters. The van der Waals surface area contributed by atoms with Crippen LogP contribution < -0.4 is 10.2 Å². The maximum absolute atomic E-state index is 13.3. The monoisotopic (exact) mass is 426 g/mol. The number of rotatable bonds is 8. The number of nitrogens with one attached hydrogen (secondary N) is 1. The first-order chi connectivity index (χ1) is 14.5. The SMILES string of the molecule is CCC[C@H](N(NC(=O)c1cccc(OC)c1C)C(O)c1cc(C)cc(C)c1)C(C)(C)C. The summed E-state index contributed by atoms with van der Waals surface area (Å²) in [6.45, 7) is 14.4. The lowest BCUT2D eigenvalue weighted by Gasteiger charge is -2.42. The summed E-state index contributed by atoms with van der Waals surface area (Å²) in [5, 5.41) is 13.2. The lowest BCUT2D eigenvalue weighted by molar-refractivity contribution is -0.0869. The number of carbonyl (C=O) groups is 1. The largest absolute Gasteiger partial charge is 0.496 e. The lowest BCUT2D eigenvalue weighted by Crippen LogP contribution is -2.55. The summed E-state index contributed by atoms with van der Waals surface area (Å²) >= 11 is 0. The van der Waals surface area contributed by atoms with Gasteiger partial charge in [-0.2, -0.15) is 5.01 Å². The molecule has 2 rings (SSSR count). The van der Waals surface area contributed by atoms with Crippen molar-refractivity contribution in [2.45, 2.75) is 73.6 Å². The molecule has 2 aromatic carbocycles. The van der Waals surface area contributed by atoms with Crippen molar-refractivity contribution in [1.29, 1.82) is 0 Å². The zero-order valence-corrected chi connectivity index (χ0v) is 20.2. The normalized spacial score (nSPS) is 13.7. The van der Waals surface area contributed by atoms with E-state index in [4.69, 9.17) is 4.74 Å². The standard InChI is InChI=1S/C26H38N2O3/c1-9-11-23(26(5,6)7)28(25(30)20-15-17(2)14-18(3)16-20)27-24(29)21-12-10-13-22(31-8)19(21)4/h10,12-16,23,25,30H,9,11H2,1-8H3,(H,27,29)/t23-,25?/m0/s1. The summed E-state index contributed by atoms with van der Waals surface area (Å²) in [7, 11) is 1.59. The van der Waals surface area contributed by atoms with Crippen LogP contribution in [0.15, 0.2) is 36.4 Å². The molecule has 5 nitrogen and oxygen atoms in total. The molecule has 2 atom stereocenters. The van der Waals surface area contributed by atoms with Crippen LogP contribution in [0.5, 0.6) is 5.75 Å². The number of aliphatic hydroxyl groups excluding tert-OH is 1. The molecule has 1 amide bonds. The van der Waals surface area contributed by atoms with Gasteiger partial charge in [0.15, 0.2) is 0 Å². The van der Waals surface area contributed by atoms with Gasteiger partial charge in [-0.1, -0.05) is 69.5 Å². The van der Waals surface area contributed by atoms with E-state index in [0.29, 0.717) is 11.3 Å². The molecule has 0 aromatic heterocycles. The summed E-state index contributed by atoms with van der Waals surface area (Å²) < 4.78 is 5.38. The van der Waals surface area contributed by atoms with Crippen molar-refractivity contribution in [1.82, 2.24) is 10.4 Å².